The van der Waals surface area contributed by atoms with Gasteiger partial charge in [-0.2, -0.15) is 0 Å². The van der Waals surface area contributed by atoms with Gasteiger partial charge in [0.05, 0.1) is 26.3 Å². The lowest BCUT2D eigenvalue weighted by atomic mass is 9.98. The summed E-state index contributed by atoms with van der Waals surface area (Å²) < 4.78 is 19.8. The lowest BCUT2D eigenvalue weighted by molar-refractivity contribution is -0.136. The normalized spacial score (nSPS) is 19.3. The summed E-state index contributed by atoms with van der Waals surface area (Å²) in [6.45, 7) is 1.15. The van der Waals surface area contributed by atoms with E-state index in [0.29, 0.717) is 33.9 Å². The summed E-state index contributed by atoms with van der Waals surface area (Å²) in [6.07, 6.45) is 1.83. The first-order valence-corrected chi connectivity index (χ1v) is 12.4. The Morgan fingerprint density at radius 3 is 2.64 bits per heavy atom. The second-order valence-corrected chi connectivity index (χ2v) is 9.34. The van der Waals surface area contributed by atoms with E-state index in [1.165, 1.54) is 0 Å². The molecule has 2 atom stereocenters. The highest BCUT2D eigenvalue weighted by atomic mass is 35.5. The fraction of sp³-hybridized carbons (Fsp3) is 0.423. The van der Waals surface area contributed by atoms with Gasteiger partial charge >= 0.3 is 0 Å². The molecule has 9 nitrogen and oxygen atoms in total. The van der Waals surface area contributed by atoms with Crippen LogP contribution in [0.2, 0.25) is 5.02 Å². The molecule has 0 spiro atoms. The van der Waals surface area contributed by atoms with Crippen LogP contribution < -0.4 is 9.47 Å². The molecule has 10 heteroatoms. The number of methoxy groups -OCH3 is 2. The number of piperidine rings is 1. The third-order valence-corrected chi connectivity index (χ3v) is 7.02. The number of para-hydroxylation sites is 1. The maximum absolute atomic E-state index is 13.3. The van der Waals surface area contributed by atoms with Crippen LogP contribution in [-0.2, 0) is 16.1 Å². The van der Waals surface area contributed by atoms with Gasteiger partial charge in [0.2, 0.25) is 5.91 Å². The lowest BCUT2D eigenvalue weighted by Crippen LogP contribution is -2.36. The van der Waals surface area contributed by atoms with E-state index in [2.05, 4.69) is 10.2 Å². The Bertz CT molecular complexity index is 1260. The molecule has 1 amide bonds. The van der Waals surface area contributed by atoms with Crippen molar-refractivity contribution >= 4 is 17.5 Å². The largest absolute Gasteiger partial charge is 0.493 e. The third kappa shape index (κ3) is 4.42. The summed E-state index contributed by atoms with van der Waals surface area (Å²) in [6, 6.07) is 11.0. The van der Waals surface area contributed by atoms with Gasteiger partial charge in [0, 0.05) is 29.2 Å². The van der Waals surface area contributed by atoms with Crippen molar-refractivity contribution in [2.45, 2.75) is 44.5 Å². The fourth-order valence-corrected chi connectivity index (χ4v) is 5.25. The van der Waals surface area contributed by atoms with Crippen LogP contribution in [0.25, 0.3) is 5.69 Å². The summed E-state index contributed by atoms with van der Waals surface area (Å²) in [4.78, 5) is 15.2. The summed E-state index contributed by atoms with van der Waals surface area (Å²) >= 11 is 6.45. The number of aliphatic hydroxyl groups is 1. The van der Waals surface area contributed by atoms with Crippen molar-refractivity contribution in [1.82, 2.24) is 19.7 Å². The number of amides is 1. The van der Waals surface area contributed by atoms with Gasteiger partial charge in [-0.1, -0.05) is 23.7 Å². The van der Waals surface area contributed by atoms with Crippen molar-refractivity contribution in [3.63, 3.8) is 0 Å². The quantitative estimate of drug-likeness (QED) is 0.533. The average Bonchev–Trinajstić information content (AvgIpc) is 3.29. The Hall–Kier alpha value is -3.14. The highest BCUT2D eigenvalue weighted by molar-refractivity contribution is 6.30. The van der Waals surface area contributed by atoms with Crippen molar-refractivity contribution in [1.29, 1.82) is 0 Å². The van der Waals surface area contributed by atoms with Gasteiger partial charge in [0.25, 0.3) is 0 Å². The molecular weight excluding hydrogens is 484 g/mol. The number of likely N-dealkylation sites (tertiary alicyclic amines) is 1. The van der Waals surface area contributed by atoms with Crippen molar-refractivity contribution < 1.29 is 24.1 Å². The van der Waals surface area contributed by atoms with Crippen LogP contribution in [0.15, 0.2) is 36.4 Å². The zero-order valence-electron chi connectivity index (χ0n) is 20.3. The van der Waals surface area contributed by atoms with Crippen LogP contribution in [-0.4, -0.2) is 58.0 Å². The lowest BCUT2D eigenvalue weighted by Gasteiger charge is -2.29. The molecule has 0 aliphatic carbocycles. The molecule has 0 bridgehead atoms. The smallest absolute Gasteiger partial charge is 0.225 e. The molecule has 5 rings (SSSR count). The Kier molecular flexibility index (Phi) is 7.13. The van der Waals surface area contributed by atoms with Crippen molar-refractivity contribution in [3.05, 3.63) is 64.2 Å². The minimum absolute atomic E-state index is 0.000134. The fourth-order valence-electron chi connectivity index (χ4n) is 5.07. The predicted octanol–water partition coefficient (Wildman–Crippen LogP) is 3.99. The second-order valence-electron chi connectivity index (χ2n) is 8.90. The van der Waals surface area contributed by atoms with Crippen LogP contribution in [0, 0.1) is 0 Å². The molecule has 2 aromatic carbocycles. The van der Waals surface area contributed by atoms with Crippen molar-refractivity contribution in [3.8, 4) is 17.2 Å². The Morgan fingerprint density at radius 2 is 1.92 bits per heavy atom. The van der Waals surface area contributed by atoms with E-state index in [-0.39, 0.29) is 18.9 Å². The number of nitrogens with zero attached hydrogens (tertiary/aromatic N) is 4. The molecule has 3 heterocycles. The molecule has 2 aliphatic rings. The molecule has 2 unspecified atom stereocenters. The molecule has 0 saturated carbocycles. The number of rotatable bonds is 6. The van der Waals surface area contributed by atoms with Crippen LogP contribution >= 0.6 is 11.6 Å². The van der Waals surface area contributed by atoms with Crippen molar-refractivity contribution in [2.75, 3.05) is 27.3 Å². The third-order valence-electron chi connectivity index (χ3n) is 6.78. The number of carbonyl (C=O) groups excluding carboxylic acids is 1. The van der Waals surface area contributed by atoms with E-state index in [4.69, 9.17) is 25.8 Å². The molecule has 1 fully saturated rings. The minimum atomic E-state index is -0.723. The molecule has 1 aromatic heterocycles. The van der Waals surface area contributed by atoms with Gasteiger partial charge in [-0.15, -0.1) is 10.2 Å². The number of aromatic nitrogens is 3. The van der Waals surface area contributed by atoms with Crippen LogP contribution in [0.4, 0.5) is 0 Å². The summed E-state index contributed by atoms with van der Waals surface area (Å²) in [5.41, 5.74) is 2.17. The van der Waals surface area contributed by atoms with Gasteiger partial charge in [0.1, 0.15) is 18.8 Å². The maximum atomic E-state index is 13.3. The first-order chi connectivity index (χ1) is 17.5. The summed E-state index contributed by atoms with van der Waals surface area (Å²) in [5.74, 6) is 1.89. The van der Waals surface area contributed by atoms with E-state index in [1.807, 2.05) is 35.2 Å². The molecule has 1 N–H and O–H groups in total. The monoisotopic (exact) mass is 512 g/mol. The van der Waals surface area contributed by atoms with Crippen molar-refractivity contribution in [2.24, 2.45) is 0 Å². The van der Waals surface area contributed by atoms with E-state index in [9.17, 15) is 9.90 Å². The SMILES string of the molecule is COc1cccc(C2OC(CC(=O)N3CCCCC3)c3nnc(CO)n3-c3ccc(Cl)cc32)c1OC. The highest BCUT2D eigenvalue weighted by Gasteiger charge is 2.37. The van der Waals surface area contributed by atoms with Crippen LogP contribution in [0.3, 0.4) is 0 Å². The Balaban J connectivity index is 1.66. The standard InChI is InChI=1S/C26H29ClN4O5/c1-34-20-8-6-7-17(25(20)35-2)24-18-13-16(27)9-10-19(18)31-22(15-32)28-29-26(31)21(36-24)14-23(33)30-11-4-3-5-12-30/h6-10,13,21,24,32H,3-5,11-12,14-15H2,1-2H3. The first-order valence-electron chi connectivity index (χ1n) is 12.0. The average molecular weight is 513 g/mol. The summed E-state index contributed by atoms with van der Waals surface area (Å²) in [5, 5.41) is 19.1. The summed E-state index contributed by atoms with van der Waals surface area (Å²) in [7, 11) is 3.16. The highest BCUT2D eigenvalue weighted by Crippen LogP contribution is 2.46. The number of ether oxygens (including phenoxy) is 3. The van der Waals surface area contributed by atoms with Gasteiger partial charge in [0.15, 0.2) is 23.1 Å². The number of carbonyl (C=O) groups is 1. The number of aliphatic hydroxyl groups excluding tert-OH is 1. The van der Waals surface area contributed by atoms with E-state index < -0.39 is 12.2 Å². The number of hydrogen-bond acceptors (Lipinski definition) is 7. The number of fused-ring (bicyclic) bond motifs is 3. The first kappa shape index (κ1) is 24.5. The van der Waals surface area contributed by atoms with E-state index in [0.717, 1.165) is 43.5 Å². The second kappa shape index (κ2) is 10.5. The Morgan fingerprint density at radius 1 is 1.11 bits per heavy atom. The zero-order chi connectivity index (χ0) is 25.2. The van der Waals surface area contributed by atoms with E-state index >= 15 is 0 Å². The molecule has 36 heavy (non-hydrogen) atoms. The predicted molar refractivity (Wildman–Crippen MR) is 133 cm³/mol. The van der Waals surface area contributed by atoms with Crippen LogP contribution in [0.5, 0.6) is 11.5 Å². The Labute approximate surface area is 214 Å². The molecule has 2 aliphatic heterocycles. The molecular formula is C26H29ClN4O5. The zero-order valence-corrected chi connectivity index (χ0v) is 21.1. The number of hydrogen-bond donors (Lipinski definition) is 1. The van der Waals surface area contributed by atoms with Gasteiger partial charge in [-0.05, 0) is 43.5 Å². The van der Waals surface area contributed by atoms with Crippen LogP contribution in [0.1, 0.15) is 60.7 Å². The minimum Gasteiger partial charge on any atom is -0.493 e. The van der Waals surface area contributed by atoms with Gasteiger partial charge in [-0.25, -0.2) is 0 Å². The van der Waals surface area contributed by atoms with Gasteiger partial charge < -0.3 is 24.2 Å². The molecule has 3 aromatic rings. The topological polar surface area (TPSA) is 98.9 Å². The molecule has 190 valence electrons. The van der Waals surface area contributed by atoms with Gasteiger partial charge in [-0.3, -0.25) is 9.36 Å². The van der Waals surface area contributed by atoms with E-state index in [1.54, 1.807) is 24.9 Å². The number of benzene rings is 2. The molecule has 0 radical (unpaired) electrons. The molecule has 1 saturated heterocycles. The maximum Gasteiger partial charge on any atom is 0.225 e. The number of halogens is 1.